The summed E-state index contributed by atoms with van der Waals surface area (Å²) in [5, 5.41) is 0. The van der Waals surface area contributed by atoms with Crippen LogP contribution >= 0.6 is 0 Å². The van der Waals surface area contributed by atoms with E-state index < -0.39 is 11.9 Å². The van der Waals surface area contributed by atoms with Crippen molar-refractivity contribution in [1.82, 2.24) is 29.9 Å². The third-order valence-corrected chi connectivity index (χ3v) is 3.60. The van der Waals surface area contributed by atoms with Crippen LogP contribution in [0.25, 0.3) is 0 Å². The molecule has 0 aliphatic rings. The number of esters is 2. The van der Waals surface area contributed by atoms with Crippen molar-refractivity contribution in [2.75, 3.05) is 28.4 Å². The van der Waals surface area contributed by atoms with Gasteiger partial charge in [0.1, 0.15) is 0 Å². The molecular formula is C18H16N6O8. The second-order valence-electron chi connectivity index (χ2n) is 5.54. The predicted octanol–water partition coefficient (Wildman–Crippen LogP) is 0.529. The first kappa shape index (κ1) is 22.1. The molecule has 32 heavy (non-hydrogen) atoms. The van der Waals surface area contributed by atoms with Crippen molar-refractivity contribution in [1.29, 1.82) is 0 Å². The molecule has 3 aromatic rings. The molecule has 166 valence electrons. The normalized spacial score (nSPS) is 10.1. The molecule has 0 saturated heterocycles. The van der Waals surface area contributed by atoms with Gasteiger partial charge >= 0.3 is 48.0 Å². The number of hydrogen-bond donors (Lipinski definition) is 0. The Morgan fingerprint density at radius 2 is 0.750 bits per heavy atom. The van der Waals surface area contributed by atoms with E-state index in [1.54, 1.807) is 0 Å². The van der Waals surface area contributed by atoms with Crippen molar-refractivity contribution in [2.24, 2.45) is 0 Å². The molecule has 0 radical (unpaired) electrons. The zero-order valence-electron chi connectivity index (χ0n) is 17.3. The summed E-state index contributed by atoms with van der Waals surface area (Å²) < 4.78 is 29.8. The first-order valence-corrected chi connectivity index (χ1v) is 8.68. The molecule has 0 amide bonds. The zero-order chi connectivity index (χ0) is 23.1. The number of hydrogen-bond acceptors (Lipinski definition) is 14. The van der Waals surface area contributed by atoms with Gasteiger partial charge in [0.05, 0.1) is 39.6 Å². The highest BCUT2D eigenvalue weighted by Gasteiger charge is 2.17. The first-order valence-electron chi connectivity index (χ1n) is 8.68. The van der Waals surface area contributed by atoms with Crippen LogP contribution in [-0.4, -0.2) is 70.3 Å². The third kappa shape index (κ3) is 5.29. The number of nitrogens with zero attached hydrogens (tertiary/aromatic N) is 6. The molecule has 0 aliphatic heterocycles. The van der Waals surface area contributed by atoms with Crippen LogP contribution in [0.5, 0.6) is 36.1 Å². The molecule has 14 heteroatoms. The lowest BCUT2D eigenvalue weighted by atomic mass is 10.1. The Morgan fingerprint density at radius 3 is 1.00 bits per heavy atom. The number of aromatic nitrogens is 6. The van der Waals surface area contributed by atoms with Gasteiger partial charge in [0, 0.05) is 0 Å². The molecule has 0 unspecified atom stereocenters. The summed E-state index contributed by atoms with van der Waals surface area (Å²) >= 11 is 0. The van der Waals surface area contributed by atoms with Crippen LogP contribution in [0.2, 0.25) is 0 Å². The minimum atomic E-state index is -0.785. The predicted molar refractivity (Wildman–Crippen MR) is 102 cm³/mol. The van der Waals surface area contributed by atoms with E-state index in [4.69, 9.17) is 28.4 Å². The molecule has 2 heterocycles. The molecule has 1 aromatic carbocycles. The number of benzene rings is 1. The summed E-state index contributed by atoms with van der Waals surface area (Å²) in [4.78, 5) is 47.5. The van der Waals surface area contributed by atoms with Gasteiger partial charge in [-0.2, -0.15) is 0 Å². The van der Waals surface area contributed by atoms with Crippen molar-refractivity contribution < 1.29 is 38.0 Å². The third-order valence-electron chi connectivity index (χ3n) is 3.60. The van der Waals surface area contributed by atoms with Crippen LogP contribution in [0.15, 0.2) is 24.3 Å². The second-order valence-corrected chi connectivity index (χ2v) is 5.54. The fourth-order valence-corrected chi connectivity index (χ4v) is 2.12. The van der Waals surface area contributed by atoms with Crippen LogP contribution in [0, 0.1) is 0 Å². The Bertz CT molecular complexity index is 992. The smallest absolute Gasteiger partial charge is 0.345 e. The Morgan fingerprint density at radius 1 is 0.500 bits per heavy atom. The van der Waals surface area contributed by atoms with E-state index in [0.29, 0.717) is 0 Å². The van der Waals surface area contributed by atoms with Gasteiger partial charge < -0.3 is 28.4 Å². The first-order chi connectivity index (χ1) is 15.4. The summed E-state index contributed by atoms with van der Waals surface area (Å²) in [6.07, 6.45) is 0. The molecule has 0 saturated carbocycles. The van der Waals surface area contributed by atoms with Crippen molar-refractivity contribution in [3.8, 4) is 36.1 Å². The van der Waals surface area contributed by atoms with Crippen LogP contribution in [0.1, 0.15) is 20.7 Å². The Labute approximate surface area is 180 Å². The molecule has 0 N–H and O–H groups in total. The molecule has 0 fully saturated rings. The summed E-state index contributed by atoms with van der Waals surface area (Å²) in [7, 11) is 5.34. The summed E-state index contributed by atoms with van der Waals surface area (Å²) in [6.45, 7) is 0. The molecule has 0 aliphatic carbocycles. The van der Waals surface area contributed by atoms with Crippen LogP contribution in [0.3, 0.4) is 0 Å². The topological polar surface area (TPSA) is 167 Å². The largest absolute Gasteiger partial charge is 0.467 e. The maximum absolute atomic E-state index is 12.4. The van der Waals surface area contributed by atoms with Gasteiger partial charge in [-0.25, -0.2) is 9.59 Å². The molecule has 0 atom stereocenters. The molecule has 3 rings (SSSR count). The number of rotatable bonds is 8. The second kappa shape index (κ2) is 9.92. The van der Waals surface area contributed by atoms with E-state index in [2.05, 4.69) is 29.9 Å². The van der Waals surface area contributed by atoms with Crippen LogP contribution in [-0.2, 0) is 0 Å². The minimum absolute atomic E-state index is 0.0932. The standard InChI is InChI=1S/C18H16N6O8/c1-27-13-19-14(28-2)22-17(21-13)31-11(25)9-5-7-10(8-6-9)12(26)32-18-23-15(29-3)20-16(24-18)30-4/h5-8H,1-4H3. The lowest BCUT2D eigenvalue weighted by Crippen LogP contribution is -2.14. The average Bonchev–Trinajstić information content (AvgIpc) is 2.83. The summed E-state index contributed by atoms with van der Waals surface area (Å²) in [6, 6.07) is 4.39. The molecular weight excluding hydrogens is 428 g/mol. The lowest BCUT2D eigenvalue weighted by Gasteiger charge is -2.07. The molecule has 2 aromatic heterocycles. The summed E-state index contributed by atoms with van der Waals surface area (Å²) in [5.74, 6) is -1.57. The number of ether oxygens (including phenoxy) is 6. The molecule has 0 spiro atoms. The zero-order valence-corrected chi connectivity index (χ0v) is 17.3. The number of carbonyl (C=O) groups is 2. The van der Waals surface area contributed by atoms with Gasteiger partial charge in [0.15, 0.2) is 0 Å². The van der Waals surface area contributed by atoms with Gasteiger partial charge in [0.2, 0.25) is 0 Å². The summed E-state index contributed by atoms with van der Waals surface area (Å²) in [5.41, 5.74) is 0.229. The highest BCUT2D eigenvalue weighted by Crippen LogP contribution is 2.17. The van der Waals surface area contributed by atoms with Crippen molar-refractivity contribution in [3.05, 3.63) is 35.4 Å². The van der Waals surface area contributed by atoms with Crippen LogP contribution < -0.4 is 28.4 Å². The Kier molecular flexibility index (Phi) is 6.85. The van der Waals surface area contributed by atoms with E-state index in [0.717, 1.165) is 0 Å². The average molecular weight is 444 g/mol. The molecule has 0 bridgehead atoms. The maximum Gasteiger partial charge on any atom is 0.345 e. The number of carbonyl (C=O) groups excluding carboxylic acids is 2. The number of methoxy groups -OCH3 is 4. The van der Waals surface area contributed by atoms with E-state index in [-0.39, 0.29) is 47.2 Å². The fourth-order valence-electron chi connectivity index (χ4n) is 2.12. The minimum Gasteiger partial charge on any atom is -0.467 e. The van der Waals surface area contributed by atoms with E-state index in [1.807, 2.05) is 0 Å². The highest BCUT2D eigenvalue weighted by atomic mass is 16.6. The van der Waals surface area contributed by atoms with Crippen molar-refractivity contribution in [2.45, 2.75) is 0 Å². The van der Waals surface area contributed by atoms with Crippen molar-refractivity contribution in [3.63, 3.8) is 0 Å². The van der Waals surface area contributed by atoms with E-state index in [9.17, 15) is 9.59 Å². The SMILES string of the molecule is COc1nc(OC)nc(OC(=O)c2ccc(C(=O)Oc3nc(OC)nc(OC)n3)cc2)n1. The van der Waals surface area contributed by atoms with Crippen molar-refractivity contribution >= 4 is 11.9 Å². The Hall–Kier alpha value is -4.62. The lowest BCUT2D eigenvalue weighted by molar-refractivity contribution is 0.0701. The molecule has 14 nitrogen and oxygen atoms in total. The fraction of sp³-hybridized carbons (Fsp3) is 0.222. The van der Waals surface area contributed by atoms with Gasteiger partial charge in [-0.3, -0.25) is 0 Å². The van der Waals surface area contributed by atoms with Gasteiger partial charge in [0.25, 0.3) is 0 Å². The van der Waals surface area contributed by atoms with Gasteiger partial charge in [-0.1, -0.05) is 0 Å². The van der Waals surface area contributed by atoms with E-state index >= 15 is 0 Å². The van der Waals surface area contributed by atoms with Gasteiger partial charge in [-0.15, -0.1) is 29.9 Å². The highest BCUT2D eigenvalue weighted by molar-refractivity contribution is 5.94. The maximum atomic E-state index is 12.4. The van der Waals surface area contributed by atoms with E-state index in [1.165, 1.54) is 52.7 Å². The van der Waals surface area contributed by atoms with Crippen LogP contribution in [0.4, 0.5) is 0 Å². The van der Waals surface area contributed by atoms with Gasteiger partial charge in [-0.05, 0) is 24.3 Å². The quantitative estimate of drug-likeness (QED) is 0.441. The Balaban J connectivity index is 1.71. The monoisotopic (exact) mass is 444 g/mol.